The lowest BCUT2D eigenvalue weighted by molar-refractivity contribution is 0.102. The molecule has 1 heterocycles. The minimum absolute atomic E-state index is 0.00875. The van der Waals surface area contributed by atoms with Gasteiger partial charge in [0.15, 0.2) is 0 Å². The van der Waals surface area contributed by atoms with Crippen LogP contribution in [0.5, 0.6) is 0 Å². The third-order valence-corrected chi connectivity index (χ3v) is 4.00. The fourth-order valence-electron chi connectivity index (χ4n) is 2.06. The standard InChI is InChI=1S/C13H13FN4OS/c1-6-17-18-13(20-6)16-12(19)9-4-7(2-3-10(9)14)8-5-11(8)15/h2-4,8,11H,5,15H2,1H3,(H,16,18,19). The van der Waals surface area contributed by atoms with Crippen LogP contribution in [0.1, 0.15) is 33.3 Å². The summed E-state index contributed by atoms with van der Waals surface area (Å²) in [5, 5.41) is 11.2. The van der Waals surface area contributed by atoms with Crippen LogP contribution in [-0.2, 0) is 0 Å². The maximum Gasteiger partial charge on any atom is 0.260 e. The van der Waals surface area contributed by atoms with Crippen molar-refractivity contribution < 1.29 is 9.18 Å². The Kier molecular flexibility index (Phi) is 3.23. The number of hydrogen-bond donors (Lipinski definition) is 2. The molecule has 0 saturated heterocycles. The summed E-state index contributed by atoms with van der Waals surface area (Å²) in [6.45, 7) is 1.78. The lowest BCUT2D eigenvalue weighted by Gasteiger charge is -2.06. The molecule has 0 radical (unpaired) electrons. The minimum Gasteiger partial charge on any atom is -0.327 e. The number of carbonyl (C=O) groups excluding carboxylic acids is 1. The highest BCUT2D eigenvalue weighted by atomic mass is 32.1. The average Bonchev–Trinajstić information content (AvgIpc) is 2.99. The van der Waals surface area contributed by atoms with Gasteiger partial charge in [0.05, 0.1) is 5.56 Å². The normalized spacial score (nSPS) is 20.8. The molecule has 2 unspecified atom stereocenters. The predicted octanol–water partition coefficient (Wildman–Crippen LogP) is 2.05. The van der Waals surface area contributed by atoms with Crippen LogP contribution in [0.15, 0.2) is 18.2 Å². The zero-order valence-corrected chi connectivity index (χ0v) is 11.6. The van der Waals surface area contributed by atoms with Gasteiger partial charge in [-0.15, -0.1) is 10.2 Å². The first-order chi connectivity index (χ1) is 9.54. The van der Waals surface area contributed by atoms with Crippen LogP contribution in [0.2, 0.25) is 0 Å². The molecule has 1 aliphatic rings. The van der Waals surface area contributed by atoms with E-state index in [0.717, 1.165) is 17.0 Å². The number of aryl methyl sites for hydroxylation is 1. The van der Waals surface area contributed by atoms with Gasteiger partial charge in [0, 0.05) is 12.0 Å². The molecular formula is C13H13FN4OS. The van der Waals surface area contributed by atoms with Gasteiger partial charge in [-0.2, -0.15) is 0 Å². The van der Waals surface area contributed by atoms with Crippen molar-refractivity contribution in [2.24, 2.45) is 5.73 Å². The van der Waals surface area contributed by atoms with Crippen LogP contribution in [0.4, 0.5) is 9.52 Å². The highest BCUT2D eigenvalue weighted by molar-refractivity contribution is 7.15. The number of aromatic nitrogens is 2. The Morgan fingerprint density at radius 1 is 1.50 bits per heavy atom. The second-order valence-corrected chi connectivity index (χ2v) is 6.01. The van der Waals surface area contributed by atoms with Crippen molar-refractivity contribution in [1.29, 1.82) is 0 Å². The molecule has 2 aromatic rings. The number of carbonyl (C=O) groups is 1. The number of amides is 1. The quantitative estimate of drug-likeness (QED) is 0.907. The van der Waals surface area contributed by atoms with E-state index in [4.69, 9.17) is 5.73 Å². The van der Waals surface area contributed by atoms with Gasteiger partial charge in [-0.1, -0.05) is 17.4 Å². The van der Waals surface area contributed by atoms with Crippen molar-refractivity contribution >= 4 is 22.4 Å². The average molecular weight is 292 g/mol. The molecule has 1 saturated carbocycles. The molecule has 20 heavy (non-hydrogen) atoms. The van der Waals surface area contributed by atoms with Gasteiger partial charge in [0.25, 0.3) is 5.91 Å². The van der Waals surface area contributed by atoms with E-state index in [2.05, 4.69) is 15.5 Å². The van der Waals surface area contributed by atoms with E-state index in [1.165, 1.54) is 17.4 Å². The molecule has 0 spiro atoms. The molecule has 1 aliphatic carbocycles. The van der Waals surface area contributed by atoms with Crippen molar-refractivity contribution in [2.45, 2.75) is 25.3 Å². The van der Waals surface area contributed by atoms with Gasteiger partial charge >= 0.3 is 0 Å². The Morgan fingerprint density at radius 2 is 2.25 bits per heavy atom. The van der Waals surface area contributed by atoms with E-state index < -0.39 is 11.7 Å². The fourth-order valence-corrected chi connectivity index (χ4v) is 2.64. The molecular weight excluding hydrogens is 279 g/mol. The van der Waals surface area contributed by atoms with Gasteiger partial charge in [0.2, 0.25) is 5.13 Å². The zero-order chi connectivity index (χ0) is 14.3. The Bertz CT molecular complexity index is 672. The molecule has 3 N–H and O–H groups in total. The number of nitrogens with two attached hydrogens (primary N) is 1. The summed E-state index contributed by atoms with van der Waals surface area (Å²) in [6, 6.07) is 4.66. The number of rotatable bonds is 3. The van der Waals surface area contributed by atoms with E-state index in [9.17, 15) is 9.18 Å². The van der Waals surface area contributed by atoms with Gasteiger partial charge < -0.3 is 5.73 Å². The van der Waals surface area contributed by atoms with Crippen molar-refractivity contribution in [3.8, 4) is 0 Å². The summed E-state index contributed by atoms with van der Waals surface area (Å²) >= 11 is 1.24. The molecule has 0 bridgehead atoms. The van der Waals surface area contributed by atoms with E-state index in [-0.39, 0.29) is 17.5 Å². The number of nitrogens with zero attached hydrogens (tertiary/aromatic N) is 2. The van der Waals surface area contributed by atoms with Gasteiger partial charge in [-0.05, 0) is 31.0 Å². The minimum atomic E-state index is -0.554. The predicted molar refractivity (Wildman–Crippen MR) is 74.3 cm³/mol. The van der Waals surface area contributed by atoms with Crippen LogP contribution in [0.3, 0.4) is 0 Å². The van der Waals surface area contributed by atoms with Crippen LogP contribution < -0.4 is 11.1 Å². The highest BCUT2D eigenvalue weighted by Gasteiger charge is 2.35. The SMILES string of the molecule is Cc1nnc(NC(=O)c2cc(C3CC3N)ccc2F)s1. The highest BCUT2D eigenvalue weighted by Crippen LogP contribution is 2.39. The molecule has 1 fully saturated rings. The number of benzene rings is 1. The smallest absolute Gasteiger partial charge is 0.260 e. The fraction of sp³-hybridized carbons (Fsp3) is 0.308. The van der Waals surface area contributed by atoms with E-state index >= 15 is 0 Å². The van der Waals surface area contributed by atoms with Crippen LogP contribution in [0.25, 0.3) is 0 Å². The molecule has 104 valence electrons. The monoisotopic (exact) mass is 292 g/mol. The van der Waals surface area contributed by atoms with E-state index in [0.29, 0.717) is 5.13 Å². The van der Waals surface area contributed by atoms with E-state index in [1.54, 1.807) is 19.1 Å². The number of hydrogen-bond acceptors (Lipinski definition) is 5. The molecule has 1 aromatic heterocycles. The van der Waals surface area contributed by atoms with Crippen LogP contribution in [-0.4, -0.2) is 22.1 Å². The second kappa shape index (κ2) is 4.92. The Morgan fingerprint density at radius 3 is 2.85 bits per heavy atom. The Hall–Kier alpha value is -1.86. The Labute approximate surface area is 119 Å². The summed E-state index contributed by atoms with van der Waals surface area (Å²) in [4.78, 5) is 12.1. The number of nitrogens with one attached hydrogen (secondary N) is 1. The lowest BCUT2D eigenvalue weighted by atomic mass is 10.1. The maximum atomic E-state index is 13.8. The first-order valence-corrected chi connectivity index (χ1v) is 7.02. The molecule has 1 aromatic carbocycles. The summed E-state index contributed by atoms with van der Waals surface area (Å²) in [5.74, 6) is -0.845. The first kappa shape index (κ1) is 13.1. The van der Waals surface area contributed by atoms with Gasteiger partial charge in [-0.25, -0.2) is 4.39 Å². The summed E-state index contributed by atoms with van der Waals surface area (Å²) in [6.07, 6.45) is 0.877. The van der Waals surface area contributed by atoms with Crippen molar-refractivity contribution in [3.05, 3.63) is 40.2 Å². The molecule has 3 rings (SSSR count). The van der Waals surface area contributed by atoms with E-state index in [1.807, 2.05) is 0 Å². The van der Waals surface area contributed by atoms with Crippen molar-refractivity contribution in [1.82, 2.24) is 10.2 Å². The lowest BCUT2D eigenvalue weighted by Crippen LogP contribution is -2.14. The molecule has 2 atom stereocenters. The summed E-state index contributed by atoms with van der Waals surface area (Å²) in [5.41, 5.74) is 6.69. The van der Waals surface area contributed by atoms with Gasteiger partial charge in [-0.3, -0.25) is 10.1 Å². The Balaban J connectivity index is 1.83. The van der Waals surface area contributed by atoms with Crippen LogP contribution in [0, 0.1) is 12.7 Å². The van der Waals surface area contributed by atoms with Gasteiger partial charge in [0.1, 0.15) is 10.8 Å². The molecule has 5 nitrogen and oxygen atoms in total. The zero-order valence-electron chi connectivity index (χ0n) is 10.8. The van der Waals surface area contributed by atoms with Crippen molar-refractivity contribution in [2.75, 3.05) is 5.32 Å². The molecule has 7 heteroatoms. The topological polar surface area (TPSA) is 80.9 Å². The maximum absolute atomic E-state index is 13.8. The first-order valence-electron chi connectivity index (χ1n) is 6.21. The number of halogens is 1. The second-order valence-electron chi connectivity index (χ2n) is 4.83. The third-order valence-electron chi connectivity index (χ3n) is 3.25. The third kappa shape index (κ3) is 2.54. The molecule has 1 amide bonds. The summed E-state index contributed by atoms with van der Waals surface area (Å²) in [7, 11) is 0. The van der Waals surface area contributed by atoms with Crippen LogP contribution >= 0.6 is 11.3 Å². The van der Waals surface area contributed by atoms with Crippen molar-refractivity contribution in [3.63, 3.8) is 0 Å². The summed E-state index contributed by atoms with van der Waals surface area (Å²) < 4.78 is 13.8. The number of anilines is 1. The largest absolute Gasteiger partial charge is 0.327 e. The molecule has 0 aliphatic heterocycles.